The molecule has 0 saturated heterocycles. The van der Waals surface area contributed by atoms with Crippen LogP contribution >= 0.6 is 0 Å². The van der Waals surface area contributed by atoms with E-state index in [9.17, 15) is 9.59 Å². The van der Waals surface area contributed by atoms with E-state index in [0.29, 0.717) is 0 Å². The van der Waals surface area contributed by atoms with Crippen molar-refractivity contribution in [1.82, 2.24) is 0 Å². The van der Waals surface area contributed by atoms with E-state index in [1.54, 1.807) is 0 Å². The molecular weight excluding hydrogens is 336 g/mol. The fourth-order valence-electron chi connectivity index (χ4n) is 2.95. The van der Waals surface area contributed by atoms with E-state index in [0.717, 1.165) is 65.6 Å². The summed E-state index contributed by atoms with van der Waals surface area (Å²) >= 11 is -1.35. The van der Waals surface area contributed by atoms with Gasteiger partial charge >= 0.3 is 124 Å². The average molecular weight is 364 g/mol. The van der Waals surface area contributed by atoms with Crippen LogP contribution in [-0.2, 0) is 36.2 Å². The van der Waals surface area contributed by atoms with Gasteiger partial charge in [0.25, 0.3) is 0 Å². The molecule has 0 spiro atoms. The molecule has 0 N–H and O–H groups in total. The summed E-state index contributed by atoms with van der Waals surface area (Å²) in [5.74, 6) is -0.191. The van der Waals surface area contributed by atoms with Gasteiger partial charge in [-0.1, -0.05) is 0 Å². The molecule has 2 saturated carbocycles. The zero-order valence-electron chi connectivity index (χ0n) is 14.2. The average Bonchev–Trinajstić information content (AvgIpc) is 2.66. The number of hydrogen-bond acceptors (Lipinski definition) is 6. The predicted molar refractivity (Wildman–Crippen MR) is 77.2 cm³/mol. The summed E-state index contributed by atoms with van der Waals surface area (Å²) in [7, 11) is 1.50. The first-order chi connectivity index (χ1) is 11.3. The van der Waals surface area contributed by atoms with Gasteiger partial charge in [0.2, 0.25) is 0 Å². The van der Waals surface area contributed by atoms with Crippen LogP contribution in [0.3, 0.4) is 0 Å². The first-order valence-electron chi connectivity index (χ1n) is 8.25. The molecule has 23 heavy (non-hydrogen) atoms. The maximum absolute atomic E-state index is 11.8. The van der Waals surface area contributed by atoms with E-state index in [4.69, 9.17) is 16.8 Å². The van der Waals surface area contributed by atoms with Gasteiger partial charge in [-0.05, 0) is 0 Å². The molecule has 6 nitrogen and oxygen atoms in total. The second kappa shape index (κ2) is 15.1. The van der Waals surface area contributed by atoms with E-state index >= 15 is 0 Å². The molecule has 2 rings (SSSR count). The minimum absolute atomic E-state index is 0.0471. The van der Waals surface area contributed by atoms with Crippen molar-refractivity contribution in [2.45, 2.75) is 64.2 Å². The third-order valence-electron chi connectivity index (χ3n) is 4.16. The molecule has 2 aliphatic rings. The fourth-order valence-corrected chi connectivity index (χ4v) is 3.79. The summed E-state index contributed by atoms with van der Waals surface area (Å²) in [6.45, 7) is 0. The number of carbonyl (C=O) groups is 2. The van der Waals surface area contributed by atoms with Gasteiger partial charge in [-0.2, -0.15) is 14.2 Å². The quantitative estimate of drug-likeness (QED) is 0.693. The maximum atomic E-state index is 11.8. The van der Waals surface area contributed by atoms with Crippen LogP contribution < -0.4 is 10.2 Å². The molecule has 0 heterocycles. The zero-order valence-corrected chi connectivity index (χ0v) is 15.7. The standard InChI is InChI=1S/2C7H12O2.2CH3O.Ti/c2*8-7(9)6-4-2-1-3-5-6;2*1-2;/h2*6H,1-5H2,(H,8,9);2*1H3;/q;;2*-1;+4/p-2. The summed E-state index contributed by atoms with van der Waals surface area (Å²) in [5, 5.41) is 16.5. The second-order valence-electron chi connectivity index (χ2n) is 5.60. The van der Waals surface area contributed by atoms with E-state index in [1.807, 2.05) is 0 Å². The van der Waals surface area contributed by atoms with Gasteiger partial charge < -0.3 is 10.2 Å². The normalized spacial score (nSPS) is 18.3. The molecule has 0 radical (unpaired) electrons. The van der Waals surface area contributed by atoms with Crippen molar-refractivity contribution in [2.75, 3.05) is 14.2 Å². The van der Waals surface area contributed by atoms with Crippen LogP contribution in [0.15, 0.2) is 0 Å². The van der Waals surface area contributed by atoms with Gasteiger partial charge in [0.15, 0.2) is 0 Å². The van der Waals surface area contributed by atoms with Gasteiger partial charge in [0, 0.05) is 0 Å². The first-order valence-corrected chi connectivity index (χ1v) is 9.53. The Morgan fingerprint density at radius 2 is 1.00 bits per heavy atom. The summed E-state index contributed by atoms with van der Waals surface area (Å²) < 4.78 is 10.4. The third-order valence-corrected chi connectivity index (χ3v) is 5.05. The van der Waals surface area contributed by atoms with E-state index in [1.165, 1.54) is 12.8 Å². The van der Waals surface area contributed by atoms with Crippen molar-refractivity contribution in [3.05, 3.63) is 0 Å². The third kappa shape index (κ3) is 9.45. The molecular formula is C16H28O6Ti. The molecule has 0 unspecified atom stereocenters. The van der Waals surface area contributed by atoms with E-state index in [-0.39, 0.29) is 23.8 Å². The van der Waals surface area contributed by atoms with Crippen LogP contribution in [-0.4, -0.2) is 26.2 Å². The van der Waals surface area contributed by atoms with Gasteiger partial charge in [-0.25, -0.2) is 0 Å². The summed E-state index contributed by atoms with van der Waals surface area (Å²) in [6.07, 6.45) is 10.6. The first kappa shape index (κ1) is 22.6. The topological polar surface area (TPSA) is 98.7 Å². The summed E-state index contributed by atoms with van der Waals surface area (Å²) in [6, 6.07) is 0. The molecule has 7 heteroatoms. The Morgan fingerprint density at radius 3 is 1.30 bits per heavy atom. The second-order valence-corrected chi connectivity index (χ2v) is 6.49. The Balaban J connectivity index is 0.00000112. The molecule has 0 aromatic heterocycles. The van der Waals surface area contributed by atoms with Crippen LogP contribution in [0.25, 0.3) is 0 Å². The van der Waals surface area contributed by atoms with Crippen LogP contribution in [0.5, 0.6) is 0 Å². The molecule has 2 fully saturated rings. The molecule has 0 aromatic carbocycles. The van der Waals surface area contributed by atoms with Gasteiger partial charge in [0.05, 0.1) is 0 Å². The van der Waals surface area contributed by atoms with Gasteiger partial charge in [0.1, 0.15) is 0 Å². The monoisotopic (exact) mass is 364 g/mol. The van der Waals surface area contributed by atoms with Crippen molar-refractivity contribution in [1.29, 1.82) is 0 Å². The molecule has 0 amide bonds. The summed E-state index contributed by atoms with van der Waals surface area (Å²) in [4.78, 5) is 23.5. The van der Waals surface area contributed by atoms with Gasteiger partial charge in [-0.3, -0.25) is 0 Å². The van der Waals surface area contributed by atoms with Crippen LogP contribution in [0.4, 0.5) is 0 Å². The Kier molecular flexibility index (Phi) is 14.8. The van der Waals surface area contributed by atoms with Crippen molar-refractivity contribution in [2.24, 2.45) is 11.8 Å². The number of carbonyl (C=O) groups excluding carboxylic acids is 2. The number of rotatable bonds is 4. The van der Waals surface area contributed by atoms with Crippen LogP contribution in [0, 0.1) is 11.8 Å². The molecule has 0 aliphatic heterocycles. The Labute approximate surface area is 148 Å². The fraction of sp³-hybridized carbons (Fsp3) is 0.875. The summed E-state index contributed by atoms with van der Waals surface area (Å²) in [5.41, 5.74) is 0. The van der Waals surface area contributed by atoms with Crippen molar-refractivity contribution < 1.29 is 46.4 Å². The SMILES string of the molecule is C[O-].C[O-].O=C([O][Ti+2][O]C(=O)C1CCCCC1)C1CCCCC1. The van der Waals surface area contributed by atoms with E-state index in [2.05, 4.69) is 0 Å². The van der Waals surface area contributed by atoms with Crippen molar-refractivity contribution >= 4 is 11.9 Å². The molecule has 2 aliphatic carbocycles. The molecule has 0 atom stereocenters. The number of hydrogen-bond donors (Lipinski definition) is 0. The Bertz CT molecular complexity index is 282. The van der Waals surface area contributed by atoms with E-state index < -0.39 is 19.9 Å². The van der Waals surface area contributed by atoms with Crippen LogP contribution in [0.1, 0.15) is 64.2 Å². The Morgan fingerprint density at radius 1 is 0.696 bits per heavy atom. The van der Waals surface area contributed by atoms with Crippen LogP contribution in [0.2, 0.25) is 0 Å². The predicted octanol–water partition coefficient (Wildman–Crippen LogP) is 1.10. The molecule has 132 valence electrons. The van der Waals surface area contributed by atoms with Crippen molar-refractivity contribution in [3.63, 3.8) is 0 Å². The Hall–Kier alpha value is -0.426. The van der Waals surface area contributed by atoms with Gasteiger partial charge in [-0.15, -0.1) is 0 Å². The molecule has 0 aromatic rings. The molecule has 0 bridgehead atoms. The zero-order chi connectivity index (χ0) is 17.5. The minimum atomic E-state index is -1.35. The van der Waals surface area contributed by atoms with Crippen molar-refractivity contribution in [3.8, 4) is 0 Å².